The minimum atomic E-state index is -0.359. The zero-order valence-corrected chi connectivity index (χ0v) is 19.3. The molecule has 2 aromatic carbocycles. The maximum atomic E-state index is 10.9. The number of nitrogens with zero attached hydrogens (tertiary/aromatic N) is 2. The molecule has 0 aliphatic rings. The fourth-order valence-electron chi connectivity index (χ4n) is 3.19. The molecule has 0 aliphatic heterocycles. The molecule has 0 heterocycles. The number of hydrogen-bond acceptors (Lipinski definition) is 5. The van der Waals surface area contributed by atoms with Gasteiger partial charge in [-0.05, 0) is 80.5 Å². The van der Waals surface area contributed by atoms with E-state index in [1.165, 1.54) is 37.3 Å². The first-order chi connectivity index (χ1) is 15.7. The van der Waals surface area contributed by atoms with Gasteiger partial charge in [-0.1, -0.05) is 44.9 Å². The molecule has 2 aromatic rings. The van der Waals surface area contributed by atoms with Gasteiger partial charge in [-0.15, -0.1) is 0 Å². The summed E-state index contributed by atoms with van der Waals surface area (Å²) in [7, 11) is 0. The molecule has 2 rings (SSSR count). The lowest BCUT2D eigenvalue weighted by molar-refractivity contribution is -0.137. The van der Waals surface area contributed by atoms with Crippen LogP contribution < -0.4 is 4.74 Å². The summed E-state index contributed by atoms with van der Waals surface area (Å²) in [5.74, 6) is 0.471. The first kappa shape index (κ1) is 25.3. The van der Waals surface area contributed by atoms with E-state index >= 15 is 0 Å². The van der Waals surface area contributed by atoms with Crippen LogP contribution in [0.5, 0.6) is 5.75 Å². The van der Waals surface area contributed by atoms with E-state index in [2.05, 4.69) is 35.9 Å². The van der Waals surface area contributed by atoms with Gasteiger partial charge in [-0.2, -0.15) is 10.2 Å². The number of carbonyl (C=O) groups is 1. The van der Waals surface area contributed by atoms with E-state index in [-0.39, 0.29) is 5.97 Å². The molecule has 0 radical (unpaired) electrons. The van der Waals surface area contributed by atoms with Crippen LogP contribution in [-0.4, -0.2) is 19.2 Å². The lowest BCUT2D eigenvalue weighted by atomic mass is 10.1. The Morgan fingerprint density at radius 2 is 1.41 bits per heavy atom. The second kappa shape index (κ2) is 15.8. The minimum absolute atomic E-state index is 0.359. The van der Waals surface area contributed by atoms with Crippen LogP contribution in [0.15, 0.2) is 71.4 Å². The molecule has 0 N–H and O–H groups in total. The summed E-state index contributed by atoms with van der Waals surface area (Å²) in [5, 5.41) is 8.65. The number of carbonyl (C=O) groups excluding carboxylic acids is 1. The zero-order valence-electron chi connectivity index (χ0n) is 19.3. The molecular weight excluding hydrogens is 400 g/mol. The molecule has 0 saturated carbocycles. The number of rotatable bonds is 16. The van der Waals surface area contributed by atoms with Crippen molar-refractivity contribution in [1.29, 1.82) is 0 Å². The van der Waals surface area contributed by atoms with Crippen molar-refractivity contribution in [3.05, 3.63) is 66.7 Å². The molecule has 0 amide bonds. The maximum Gasteiger partial charge on any atom is 0.330 e. The van der Waals surface area contributed by atoms with Crippen LogP contribution in [0.25, 0.3) is 0 Å². The summed E-state index contributed by atoms with van der Waals surface area (Å²) in [4.78, 5) is 10.9. The van der Waals surface area contributed by atoms with Crippen molar-refractivity contribution in [2.24, 2.45) is 10.2 Å². The Morgan fingerprint density at radius 3 is 2.03 bits per heavy atom. The summed E-state index contributed by atoms with van der Waals surface area (Å²) in [6.07, 6.45) is 11.3. The minimum Gasteiger partial charge on any atom is -0.494 e. The molecule has 0 fully saturated rings. The van der Waals surface area contributed by atoms with Crippen molar-refractivity contribution in [2.45, 2.75) is 64.7 Å². The van der Waals surface area contributed by atoms with Gasteiger partial charge >= 0.3 is 5.97 Å². The molecule has 0 saturated heterocycles. The van der Waals surface area contributed by atoms with E-state index in [0.29, 0.717) is 13.2 Å². The van der Waals surface area contributed by atoms with E-state index in [4.69, 9.17) is 9.47 Å². The Kier molecular flexibility index (Phi) is 12.5. The molecule has 5 nitrogen and oxygen atoms in total. The number of esters is 1. The molecule has 0 aromatic heterocycles. The largest absolute Gasteiger partial charge is 0.494 e. The molecule has 0 spiro atoms. The lowest BCUT2D eigenvalue weighted by Gasteiger charge is -2.06. The highest BCUT2D eigenvalue weighted by Crippen LogP contribution is 2.22. The Morgan fingerprint density at radius 1 is 0.812 bits per heavy atom. The van der Waals surface area contributed by atoms with Crippen LogP contribution in [0.4, 0.5) is 11.4 Å². The van der Waals surface area contributed by atoms with Crippen molar-refractivity contribution < 1.29 is 14.3 Å². The Labute approximate surface area is 192 Å². The highest BCUT2D eigenvalue weighted by molar-refractivity contribution is 5.81. The van der Waals surface area contributed by atoms with Gasteiger partial charge in [0.2, 0.25) is 0 Å². The SMILES string of the molecule is C=CC(=O)OCCCCCCOc1ccc(N=Nc2ccc(CCCCCC)cc2)cc1. The van der Waals surface area contributed by atoms with Crippen molar-refractivity contribution in [3.63, 3.8) is 0 Å². The topological polar surface area (TPSA) is 60.2 Å². The maximum absolute atomic E-state index is 10.9. The van der Waals surface area contributed by atoms with Crippen LogP contribution in [-0.2, 0) is 16.0 Å². The van der Waals surface area contributed by atoms with Gasteiger partial charge in [0.15, 0.2) is 0 Å². The molecular formula is C27H36N2O3. The second-order valence-corrected chi connectivity index (χ2v) is 7.81. The van der Waals surface area contributed by atoms with Gasteiger partial charge in [-0.25, -0.2) is 4.79 Å². The number of azo groups is 1. The monoisotopic (exact) mass is 436 g/mol. The van der Waals surface area contributed by atoms with Crippen LogP contribution in [0, 0.1) is 0 Å². The van der Waals surface area contributed by atoms with Gasteiger partial charge in [-0.3, -0.25) is 0 Å². The van der Waals surface area contributed by atoms with Gasteiger partial charge in [0.25, 0.3) is 0 Å². The van der Waals surface area contributed by atoms with Crippen LogP contribution >= 0.6 is 0 Å². The van der Waals surface area contributed by atoms with Crippen molar-refractivity contribution in [2.75, 3.05) is 13.2 Å². The van der Waals surface area contributed by atoms with Gasteiger partial charge in [0, 0.05) is 6.08 Å². The quantitative estimate of drug-likeness (QED) is 0.116. The summed E-state index contributed by atoms with van der Waals surface area (Å²) >= 11 is 0. The predicted octanol–water partition coefficient (Wildman–Crippen LogP) is 7.89. The van der Waals surface area contributed by atoms with Gasteiger partial charge in [0.05, 0.1) is 24.6 Å². The smallest absolute Gasteiger partial charge is 0.330 e. The fraction of sp³-hybridized carbons (Fsp3) is 0.444. The third-order valence-electron chi connectivity index (χ3n) is 5.09. The normalized spacial score (nSPS) is 10.9. The summed E-state index contributed by atoms with van der Waals surface area (Å²) < 4.78 is 10.7. The number of benzene rings is 2. The van der Waals surface area contributed by atoms with E-state index < -0.39 is 0 Å². The third kappa shape index (κ3) is 10.9. The van der Waals surface area contributed by atoms with Gasteiger partial charge in [0.1, 0.15) is 5.75 Å². The fourth-order valence-corrected chi connectivity index (χ4v) is 3.19. The van der Waals surface area contributed by atoms with Gasteiger partial charge < -0.3 is 9.47 Å². The van der Waals surface area contributed by atoms with E-state index in [1.54, 1.807) is 0 Å². The highest BCUT2D eigenvalue weighted by atomic mass is 16.5. The van der Waals surface area contributed by atoms with Crippen molar-refractivity contribution in [1.82, 2.24) is 0 Å². The summed E-state index contributed by atoms with van der Waals surface area (Å²) in [6, 6.07) is 16.0. The van der Waals surface area contributed by atoms with Crippen LogP contribution in [0.3, 0.4) is 0 Å². The average molecular weight is 437 g/mol. The van der Waals surface area contributed by atoms with Crippen LogP contribution in [0.2, 0.25) is 0 Å². The molecule has 32 heavy (non-hydrogen) atoms. The van der Waals surface area contributed by atoms with Crippen molar-refractivity contribution in [3.8, 4) is 5.75 Å². The average Bonchev–Trinajstić information content (AvgIpc) is 2.83. The van der Waals surface area contributed by atoms with E-state index in [1.807, 2.05) is 36.4 Å². The van der Waals surface area contributed by atoms with Crippen molar-refractivity contribution >= 4 is 17.3 Å². The number of unbranched alkanes of at least 4 members (excludes halogenated alkanes) is 6. The Hall–Kier alpha value is -2.95. The zero-order chi connectivity index (χ0) is 22.9. The van der Waals surface area contributed by atoms with Crippen LogP contribution in [0.1, 0.15) is 63.9 Å². The predicted molar refractivity (Wildman–Crippen MR) is 130 cm³/mol. The first-order valence-electron chi connectivity index (χ1n) is 11.7. The second-order valence-electron chi connectivity index (χ2n) is 7.81. The number of ether oxygens (including phenoxy) is 2. The molecule has 0 atom stereocenters. The molecule has 0 aliphatic carbocycles. The lowest BCUT2D eigenvalue weighted by Crippen LogP contribution is -2.02. The Bertz CT molecular complexity index is 814. The Balaban J connectivity index is 1.63. The van der Waals surface area contributed by atoms with E-state index in [0.717, 1.165) is 49.2 Å². The standard InChI is InChI=1S/C27H36N2O3/c1-3-5-6-9-12-23-13-15-24(16-14-23)28-29-25-17-19-26(20-18-25)31-21-10-7-8-11-22-32-27(30)4-2/h4,13-20H,2-3,5-12,21-22H2,1H3. The number of hydrogen-bond donors (Lipinski definition) is 0. The highest BCUT2D eigenvalue weighted by Gasteiger charge is 1.99. The summed E-state index contributed by atoms with van der Waals surface area (Å²) in [6.45, 7) is 6.72. The summed E-state index contributed by atoms with van der Waals surface area (Å²) in [5.41, 5.74) is 3.02. The molecule has 172 valence electrons. The third-order valence-corrected chi connectivity index (χ3v) is 5.09. The number of aryl methyl sites for hydroxylation is 1. The molecule has 0 unspecified atom stereocenters. The molecule has 0 bridgehead atoms. The van der Waals surface area contributed by atoms with E-state index in [9.17, 15) is 4.79 Å². The first-order valence-corrected chi connectivity index (χ1v) is 11.7. The molecule has 5 heteroatoms.